The molecule has 3 aromatic rings. The minimum absolute atomic E-state index is 0.200. The number of amides is 1. The lowest BCUT2D eigenvalue weighted by molar-refractivity contribution is 0.102. The fourth-order valence-electron chi connectivity index (χ4n) is 2.45. The van der Waals surface area contributed by atoms with Gasteiger partial charge in [0, 0.05) is 6.54 Å². The first kappa shape index (κ1) is 17.8. The summed E-state index contributed by atoms with van der Waals surface area (Å²) in [5.74, 6) is 1.01. The first-order valence-corrected chi connectivity index (χ1v) is 9.38. The van der Waals surface area contributed by atoms with E-state index in [1.165, 1.54) is 11.3 Å². The van der Waals surface area contributed by atoms with Gasteiger partial charge in [0.15, 0.2) is 11.5 Å². The van der Waals surface area contributed by atoms with Gasteiger partial charge in [-0.15, -0.1) is 10.2 Å². The maximum Gasteiger partial charge on any atom is 0.260 e. The normalized spacial score (nSPS) is 12.1. The van der Waals surface area contributed by atoms with Crippen molar-refractivity contribution in [3.8, 4) is 11.5 Å². The topological polar surface area (TPSA) is 85.4 Å². The average molecular weight is 423 g/mol. The van der Waals surface area contributed by atoms with Gasteiger partial charge in [-0.3, -0.25) is 10.1 Å². The molecule has 2 N–H and O–H groups in total. The molecule has 0 saturated carbocycles. The molecule has 0 spiro atoms. The van der Waals surface area contributed by atoms with Gasteiger partial charge in [0.2, 0.25) is 17.1 Å². The second kappa shape index (κ2) is 7.59. The molecule has 1 amide bonds. The molecule has 0 bridgehead atoms. The Morgan fingerprint density at radius 1 is 1.07 bits per heavy atom. The average Bonchev–Trinajstić information content (AvgIpc) is 3.28. The molecule has 4 rings (SSSR count). The first-order chi connectivity index (χ1) is 13.1. The standard InChI is InChI=1S/C17H12Cl2N4O3S/c18-10-2-1-3-11(19)14(10)15(24)21-17-23-22-16(27-17)20-7-9-4-5-12-13(6-9)26-8-25-12/h1-6H,7-8H2,(H,20,22)(H,21,23,24). The number of fused-ring (bicyclic) bond motifs is 1. The number of anilines is 2. The lowest BCUT2D eigenvalue weighted by atomic mass is 10.2. The van der Waals surface area contributed by atoms with Gasteiger partial charge in [0.25, 0.3) is 5.91 Å². The smallest absolute Gasteiger partial charge is 0.260 e. The molecule has 2 heterocycles. The molecule has 2 aromatic carbocycles. The zero-order chi connectivity index (χ0) is 18.8. The number of hydrogen-bond acceptors (Lipinski definition) is 7. The summed E-state index contributed by atoms with van der Waals surface area (Å²) in [6.07, 6.45) is 0. The molecule has 0 radical (unpaired) electrons. The van der Waals surface area contributed by atoms with Crippen LogP contribution in [0.5, 0.6) is 11.5 Å². The number of hydrogen-bond donors (Lipinski definition) is 2. The van der Waals surface area contributed by atoms with Gasteiger partial charge in [-0.25, -0.2) is 0 Å². The van der Waals surface area contributed by atoms with Crippen molar-refractivity contribution in [3.05, 3.63) is 57.6 Å². The van der Waals surface area contributed by atoms with Crippen LogP contribution in [0, 0.1) is 0 Å². The summed E-state index contributed by atoms with van der Waals surface area (Å²) in [4.78, 5) is 12.4. The van der Waals surface area contributed by atoms with E-state index in [2.05, 4.69) is 20.8 Å². The number of carbonyl (C=O) groups is 1. The van der Waals surface area contributed by atoms with Gasteiger partial charge in [0.05, 0.1) is 15.6 Å². The zero-order valence-corrected chi connectivity index (χ0v) is 16.0. The molecule has 27 heavy (non-hydrogen) atoms. The van der Waals surface area contributed by atoms with Crippen LogP contribution in [-0.4, -0.2) is 22.9 Å². The van der Waals surface area contributed by atoms with Crippen molar-refractivity contribution in [1.29, 1.82) is 0 Å². The van der Waals surface area contributed by atoms with Gasteiger partial charge >= 0.3 is 0 Å². The summed E-state index contributed by atoms with van der Waals surface area (Å²) in [7, 11) is 0. The van der Waals surface area contributed by atoms with E-state index >= 15 is 0 Å². The van der Waals surface area contributed by atoms with Crippen molar-refractivity contribution in [2.75, 3.05) is 17.4 Å². The molecule has 0 fully saturated rings. The number of ether oxygens (including phenoxy) is 2. The Morgan fingerprint density at radius 3 is 2.63 bits per heavy atom. The molecule has 0 atom stereocenters. The molecule has 1 aliphatic rings. The number of carbonyl (C=O) groups excluding carboxylic acids is 1. The quantitative estimate of drug-likeness (QED) is 0.631. The van der Waals surface area contributed by atoms with Gasteiger partial charge < -0.3 is 14.8 Å². The Bertz CT molecular complexity index is 991. The molecule has 1 aliphatic heterocycles. The van der Waals surface area contributed by atoms with E-state index in [0.29, 0.717) is 16.8 Å². The highest BCUT2D eigenvalue weighted by Gasteiger charge is 2.17. The molecule has 0 saturated heterocycles. The number of rotatable bonds is 5. The van der Waals surface area contributed by atoms with E-state index in [1.54, 1.807) is 18.2 Å². The first-order valence-electron chi connectivity index (χ1n) is 7.81. The van der Waals surface area contributed by atoms with Crippen LogP contribution in [-0.2, 0) is 6.54 Å². The molecule has 10 heteroatoms. The predicted octanol–water partition coefficient (Wildman–Crippen LogP) is 4.44. The SMILES string of the molecule is O=C(Nc1nnc(NCc2ccc3c(c2)OCO3)s1)c1c(Cl)cccc1Cl. The third-order valence-corrected chi connectivity index (χ3v) is 5.14. The van der Waals surface area contributed by atoms with Crippen LogP contribution in [0.15, 0.2) is 36.4 Å². The third kappa shape index (κ3) is 3.92. The van der Waals surface area contributed by atoms with Crippen LogP contribution in [0.3, 0.4) is 0 Å². The number of nitrogens with one attached hydrogen (secondary N) is 2. The Morgan fingerprint density at radius 2 is 1.81 bits per heavy atom. The van der Waals surface area contributed by atoms with E-state index in [9.17, 15) is 4.79 Å². The zero-order valence-electron chi connectivity index (χ0n) is 13.7. The summed E-state index contributed by atoms with van der Waals surface area (Å²) in [5.41, 5.74) is 1.20. The van der Waals surface area contributed by atoms with Crippen LogP contribution in [0.1, 0.15) is 15.9 Å². The summed E-state index contributed by atoms with van der Waals surface area (Å²) in [6, 6.07) is 10.6. The number of halogens is 2. The van der Waals surface area contributed by atoms with Gasteiger partial charge in [-0.1, -0.05) is 46.7 Å². The molecule has 0 unspecified atom stereocenters. The molecule has 0 aliphatic carbocycles. The Kier molecular flexibility index (Phi) is 5.02. The van der Waals surface area contributed by atoms with Crippen LogP contribution in [0.2, 0.25) is 10.0 Å². The van der Waals surface area contributed by atoms with Gasteiger partial charge in [-0.2, -0.15) is 0 Å². The number of aromatic nitrogens is 2. The van der Waals surface area contributed by atoms with Crippen LogP contribution >= 0.6 is 34.5 Å². The summed E-state index contributed by atoms with van der Waals surface area (Å²) >= 11 is 13.3. The van der Waals surface area contributed by atoms with E-state index in [-0.39, 0.29) is 22.4 Å². The third-order valence-electron chi connectivity index (χ3n) is 3.72. The van der Waals surface area contributed by atoms with Crippen molar-refractivity contribution >= 4 is 50.7 Å². The van der Waals surface area contributed by atoms with E-state index < -0.39 is 5.91 Å². The summed E-state index contributed by atoms with van der Waals surface area (Å²) in [5, 5.41) is 15.2. The molecule has 138 valence electrons. The maximum absolute atomic E-state index is 12.4. The second-order valence-corrected chi connectivity index (χ2v) is 7.30. The highest BCUT2D eigenvalue weighted by Crippen LogP contribution is 2.33. The largest absolute Gasteiger partial charge is 0.454 e. The van der Waals surface area contributed by atoms with Crippen molar-refractivity contribution < 1.29 is 14.3 Å². The number of benzene rings is 2. The molecular formula is C17H12Cl2N4O3S. The van der Waals surface area contributed by atoms with Crippen molar-refractivity contribution in [2.24, 2.45) is 0 Å². The van der Waals surface area contributed by atoms with E-state index in [0.717, 1.165) is 17.1 Å². The fraction of sp³-hybridized carbons (Fsp3) is 0.118. The molecular weight excluding hydrogens is 411 g/mol. The van der Waals surface area contributed by atoms with Crippen LogP contribution < -0.4 is 20.1 Å². The highest BCUT2D eigenvalue weighted by molar-refractivity contribution is 7.19. The Hall–Kier alpha value is -2.55. The fourth-order valence-corrected chi connectivity index (χ4v) is 3.65. The van der Waals surface area contributed by atoms with Crippen molar-refractivity contribution in [3.63, 3.8) is 0 Å². The Balaban J connectivity index is 1.39. The molecule has 1 aromatic heterocycles. The van der Waals surface area contributed by atoms with Gasteiger partial charge in [0.1, 0.15) is 0 Å². The number of nitrogens with zero attached hydrogens (tertiary/aromatic N) is 2. The second-order valence-electron chi connectivity index (χ2n) is 5.50. The van der Waals surface area contributed by atoms with Gasteiger partial charge in [-0.05, 0) is 29.8 Å². The predicted molar refractivity (Wildman–Crippen MR) is 104 cm³/mol. The lowest BCUT2D eigenvalue weighted by Gasteiger charge is -2.05. The minimum atomic E-state index is -0.441. The Labute approximate surface area is 168 Å². The lowest BCUT2D eigenvalue weighted by Crippen LogP contribution is -2.12. The monoisotopic (exact) mass is 422 g/mol. The van der Waals surface area contributed by atoms with Crippen LogP contribution in [0.25, 0.3) is 0 Å². The maximum atomic E-state index is 12.4. The van der Waals surface area contributed by atoms with E-state index in [1.807, 2.05) is 18.2 Å². The van der Waals surface area contributed by atoms with Crippen LogP contribution in [0.4, 0.5) is 10.3 Å². The minimum Gasteiger partial charge on any atom is -0.454 e. The molecule has 7 nitrogen and oxygen atoms in total. The van der Waals surface area contributed by atoms with Crippen molar-refractivity contribution in [1.82, 2.24) is 10.2 Å². The summed E-state index contributed by atoms with van der Waals surface area (Å²) in [6.45, 7) is 0.761. The summed E-state index contributed by atoms with van der Waals surface area (Å²) < 4.78 is 10.6. The highest BCUT2D eigenvalue weighted by atomic mass is 35.5. The van der Waals surface area contributed by atoms with Crippen molar-refractivity contribution in [2.45, 2.75) is 6.54 Å². The van der Waals surface area contributed by atoms with E-state index in [4.69, 9.17) is 32.7 Å².